The molecule has 0 bridgehead atoms. The highest BCUT2D eigenvalue weighted by atomic mass is 16.5. The Kier molecular flexibility index (Phi) is 6.25. The number of fused-ring (bicyclic) bond motifs is 2. The molecule has 38 heavy (non-hydrogen) atoms. The first-order chi connectivity index (χ1) is 18.7. The minimum absolute atomic E-state index is 0.747. The number of aromatic amines is 1. The third-order valence-electron chi connectivity index (χ3n) is 6.78. The van der Waals surface area contributed by atoms with E-state index in [1.807, 2.05) is 54.7 Å². The fraction of sp³-hybridized carbons (Fsp3) is 0.0882. The van der Waals surface area contributed by atoms with E-state index in [1.54, 1.807) is 7.11 Å². The average molecular weight is 494 g/mol. The number of aryl methyl sites for hydroxylation is 1. The Bertz CT molecular complexity index is 1750. The van der Waals surface area contributed by atoms with Gasteiger partial charge < -0.3 is 14.6 Å². The van der Waals surface area contributed by atoms with Crippen LogP contribution in [0.15, 0.2) is 108 Å². The summed E-state index contributed by atoms with van der Waals surface area (Å²) in [7, 11) is 1.69. The van der Waals surface area contributed by atoms with E-state index in [2.05, 4.69) is 83.3 Å². The fourth-order valence-corrected chi connectivity index (χ4v) is 4.78. The highest BCUT2D eigenvalue weighted by Crippen LogP contribution is 2.32. The lowest BCUT2D eigenvalue weighted by atomic mass is 10.0. The average Bonchev–Trinajstić information content (AvgIpc) is 3.37. The number of H-pyrrole nitrogens is 1. The van der Waals surface area contributed by atoms with Crippen LogP contribution in [0.4, 0.5) is 11.4 Å². The zero-order valence-corrected chi connectivity index (χ0v) is 21.4. The van der Waals surface area contributed by atoms with Gasteiger partial charge in [0.25, 0.3) is 0 Å². The molecular weight excluding hydrogens is 466 g/mol. The van der Waals surface area contributed by atoms with E-state index in [0.717, 1.165) is 62.7 Å². The van der Waals surface area contributed by atoms with Crippen molar-refractivity contribution in [2.75, 3.05) is 12.0 Å². The van der Waals surface area contributed by atoms with Gasteiger partial charge in [-0.15, -0.1) is 0 Å². The number of para-hydroxylation sites is 1. The highest BCUT2D eigenvalue weighted by molar-refractivity contribution is 6.11. The summed E-state index contributed by atoms with van der Waals surface area (Å²) in [6.07, 6.45) is 6.24. The summed E-state index contributed by atoms with van der Waals surface area (Å²) in [6, 6.07) is 30.9. The molecule has 4 nitrogen and oxygen atoms in total. The standard InChI is InChI=1S/C34H27N3O/c1-24-20-26(13-12-25-8-4-3-5-9-25)14-18-33(24)37-23-28-10-6-7-11-31(28)36-34(37)19-15-27-22-35-32-17-16-29(38-2)21-30(27)32/h3-11,14-22,35H,23H2,1-2H3. The minimum Gasteiger partial charge on any atom is -0.497 e. The number of anilines is 1. The Hall–Kier alpha value is -5.01. The Morgan fingerprint density at radius 2 is 1.68 bits per heavy atom. The molecule has 1 aliphatic rings. The number of nitrogens with zero attached hydrogens (tertiary/aromatic N) is 2. The molecule has 2 heterocycles. The van der Waals surface area contributed by atoms with Gasteiger partial charge in [-0.05, 0) is 84.8 Å². The van der Waals surface area contributed by atoms with Crippen molar-refractivity contribution in [2.24, 2.45) is 4.99 Å². The maximum atomic E-state index is 5.44. The number of benzene rings is 4. The summed E-state index contributed by atoms with van der Waals surface area (Å²) in [4.78, 5) is 10.7. The fourth-order valence-electron chi connectivity index (χ4n) is 4.78. The zero-order chi connectivity index (χ0) is 25.9. The van der Waals surface area contributed by atoms with Crippen LogP contribution in [0.1, 0.15) is 27.8 Å². The van der Waals surface area contributed by atoms with Crippen LogP contribution in [0.25, 0.3) is 17.0 Å². The maximum absolute atomic E-state index is 5.44. The van der Waals surface area contributed by atoms with Crippen LogP contribution in [0.3, 0.4) is 0 Å². The first-order valence-electron chi connectivity index (χ1n) is 12.6. The third kappa shape index (κ3) is 4.70. The molecule has 1 N–H and O–H groups in total. The lowest BCUT2D eigenvalue weighted by Gasteiger charge is -2.30. The molecule has 4 heteroatoms. The second-order valence-corrected chi connectivity index (χ2v) is 9.29. The molecule has 6 rings (SSSR count). The number of aliphatic imine (C=N–C) groups is 1. The number of amidine groups is 1. The van der Waals surface area contributed by atoms with Gasteiger partial charge in [0.05, 0.1) is 19.3 Å². The number of methoxy groups -OCH3 is 1. The van der Waals surface area contributed by atoms with Crippen LogP contribution in [0.2, 0.25) is 0 Å². The number of rotatable bonds is 4. The molecule has 4 aromatic carbocycles. The summed E-state index contributed by atoms with van der Waals surface area (Å²) in [5.74, 6) is 8.29. The summed E-state index contributed by atoms with van der Waals surface area (Å²) in [6.45, 7) is 2.88. The molecule has 184 valence electrons. The molecule has 0 fully saturated rings. The molecule has 1 aliphatic heterocycles. The largest absolute Gasteiger partial charge is 0.497 e. The monoisotopic (exact) mass is 493 g/mol. The molecule has 0 atom stereocenters. The summed E-state index contributed by atoms with van der Waals surface area (Å²) in [5.41, 5.74) is 8.65. The summed E-state index contributed by atoms with van der Waals surface area (Å²) < 4.78 is 5.44. The summed E-state index contributed by atoms with van der Waals surface area (Å²) in [5, 5.41) is 1.11. The van der Waals surface area contributed by atoms with Crippen molar-refractivity contribution < 1.29 is 4.74 Å². The van der Waals surface area contributed by atoms with Crippen molar-refractivity contribution in [1.29, 1.82) is 0 Å². The molecule has 0 radical (unpaired) electrons. The molecule has 5 aromatic rings. The number of ether oxygens (including phenoxy) is 1. The van der Waals surface area contributed by atoms with Crippen LogP contribution in [-0.4, -0.2) is 17.9 Å². The van der Waals surface area contributed by atoms with Crippen molar-refractivity contribution in [3.63, 3.8) is 0 Å². The smallest absolute Gasteiger partial charge is 0.133 e. The molecule has 1 aromatic heterocycles. The van der Waals surface area contributed by atoms with Gasteiger partial charge in [-0.1, -0.05) is 48.2 Å². The van der Waals surface area contributed by atoms with Gasteiger partial charge in [-0.3, -0.25) is 0 Å². The van der Waals surface area contributed by atoms with Gasteiger partial charge in [0.2, 0.25) is 0 Å². The van der Waals surface area contributed by atoms with E-state index in [0.29, 0.717) is 0 Å². The van der Waals surface area contributed by atoms with Crippen molar-refractivity contribution in [1.82, 2.24) is 4.98 Å². The molecule has 0 saturated carbocycles. The Morgan fingerprint density at radius 3 is 2.53 bits per heavy atom. The van der Waals surface area contributed by atoms with Gasteiger partial charge in [0.1, 0.15) is 11.6 Å². The van der Waals surface area contributed by atoms with E-state index >= 15 is 0 Å². The van der Waals surface area contributed by atoms with E-state index in [9.17, 15) is 0 Å². The van der Waals surface area contributed by atoms with Gasteiger partial charge >= 0.3 is 0 Å². The van der Waals surface area contributed by atoms with E-state index < -0.39 is 0 Å². The highest BCUT2D eigenvalue weighted by Gasteiger charge is 2.21. The van der Waals surface area contributed by atoms with Crippen LogP contribution < -0.4 is 9.64 Å². The van der Waals surface area contributed by atoms with Gasteiger partial charge in [0, 0.05) is 39.5 Å². The predicted molar refractivity (Wildman–Crippen MR) is 157 cm³/mol. The molecule has 0 spiro atoms. The van der Waals surface area contributed by atoms with Crippen molar-refractivity contribution in [3.05, 3.63) is 131 Å². The quantitative estimate of drug-likeness (QED) is 0.261. The molecule has 0 amide bonds. The van der Waals surface area contributed by atoms with Crippen LogP contribution in [0.5, 0.6) is 5.75 Å². The second kappa shape index (κ2) is 10.2. The molecule has 0 saturated heterocycles. The van der Waals surface area contributed by atoms with Gasteiger partial charge in [0.15, 0.2) is 0 Å². The maximum Gasteiger partial charge on any atom is 0.133 e. The van der Waals surface area contributed by atoms with E-state index in [-0.39, 0.29) is 0 Å². The Balaban J connectivity index is 1.36. The third-order valence-corrected chi connectivity index (χ3v) is 6.78. The Morgan fingerprint density at radius 1 is 0.868 bits per heavy atom. The normalized spacial score (nSPS) is 12.7. The predicted octanol–water partition coefficient (Wildman–Crippen LogP) is 7.65. The van der Waals surface area contributed by atoms with E-state index in [1.165, 1.54) is 5.56 Å². The number of nitrogens with one attached hydrogen (secondary N) is 1. The minimum atomic E-state index is 0.747. The summed E-state index contributed by atoms with van der Waals surface area (Å²) >= 11 is 0. The number of aromatic nitrogens is 1. The first-order valence-corrected chi connectivity index (χ1v) is 12.6. The van der Waals surface area contributed by atoms with Gasteiger partial charge in [-0.2, -0.15) is 0 Å². The first kappa shape index (κ1) is 23.4. The second-order valence-electron chi connectivity index (χ2n) is 9.29. The molecular formula is C34H27N3O. The van der Waals surface area contributed by atoms with Crippen molar-refractivity contribution in [3.8, 4) is 17.6 Å². The lowest BCUT2D eigenvalue weighted by molar-refractivity contribution is 0.415. The topological polar surface area (TPSA) is 40.6 Å². The van der Waals surface area contributed by atoms with Crippen LogP contribution >= 0.6 is 0 Å². The van der Waals surface area contributed by atoms with Crippen LogP contribution in [-0.2, 0) is 6.54 Å². The van der Waals surface area contributed by atoms with E-state index in [4.69, 9.17) is 9.73 Å². The zero-order valence-electron chi connectivity index (χ0n) is 21.4. The van der Waals surface area contributed by atoms with Crippen LogP contribution in [0, 0.1) is 18.8 Å². The Labute approximate surface area is 222 Å². The number of hydrogen-bond donors (Lipinski definition) is 1. The van der Waals surface area contributed by atoms with Crippen molar-refractivity contribution in [2.45, 2.75) is 13.5 Å². The van der Waals surface area contributed by atoms with Gasteiger partial charge in [-0.25, -0.2) is 4.99 Å². The lowest BCUT2D eigenvalue weighted by Crippen LogP contribution is -2.31. The SMILES string of the molecule is COc1ccc2[nH]cc(C=CC3=Nc4ccccc4CN3c3ccc(C#Cc4ccccc4)cc3C)c2c1. The number of hydrogen-bond acceptors (Lipinski definition) is 3. The molecule has 0 aliphatic carbocycles. The molecule has 0 unspecified atom stereocenters. The van der Waals surface area contributed by atoms with Crippen molar-refractivity contribution >= 4 is 34.2 Å².